The summed E-state index contributed by atoms with van der Waals surface area (Å²) in [7, 11) is 0. The number of hydrogen-bond acceptors (Lipinski definition) is 5. The van der Waals surface area contributed by atoms with Crippen molar-refractivity contribution in [2.45, 2.75) is 128 Å². The number of nitrogens with one attached hydrogen (secondary N) is 1. The van der Waals surface area contributed by atoms with E-state index in [4.69, 9.17) is 9.47 Å². The van der Waals surface area contributed by atoms with Gasteiger partial charge in [0.2, 0.25) is 0 Å². The second kappa shape index (κ2) is 20.6. The van der Waals surface area contributed by atoms with Crippen molar-refractivity contribution in [3.05, 3.63) is 59.7 Å². The maximum atomic E-state index is 12.5. The zero-order valence-corrected chi connectivity index (χ0v) is 26.7. The second-order valence-electron chi connectivity index (χ2n) is 12.1. The average Bonchev–Trinajstić information content (AvgIpc) is 3.34. The van der Waals surface area contributed by atoms with Crippen LogP contribution >= 0.6 is 0 Å². The molecule has 1 atom stereocenters. The lowest BCUT2D eigenvalue weighted by Gasteiger charge is -2.17. The maximum absolute atomic E-state index is 12.5. The summed E-state index contributed by atoms with van der Waals surface area (Å²) in [6, 6.07) is 14.5. The van der Waals surface area contributed by atoms with Crippen LogP contribution in [0, 0.1) is 0 Å². The fraction of sp³-hybridized carbons (Fsp3) is 0.595. The molecule has 0 radical (unpaired) electrons. The van der Waals surface area contributed by atoms with Gasteiger partial charge in [0, 0.05) is 5.92 Å². The molecule has 0 fully saturated rings. The predicted molar refractivity (Wildman–Crippen MR) is 175 cm³/mol. The normalized spacial score (nSPS) is 12.8. The van der Waals surface area contributed by atoms with E-state index in [0.717, 1.165) is 41.5 Å². The fourth-order valence-electron chi connectivity index (χ4n) is 6.04. The van der Waals surface area contributed by atoms with Gasteiger partial charge in [0.25, 0.3) is 0 Å². The minimum atomic E-state index is -1.41. The highest BCUT2D eigenvalue weighted by atomic mass is 16.6. The Morgan fingerprint density at radius 1 is 0.682 bits per heavy atom. The molecule has 0 saturated carbocycles. The second-order valence-corrected chi connectivity index (χ2v) is 12.1. The number of hydrogen-bond donors (Lipinski definition) is 2. The summed E-state index contributed by atoms with van der Waals surface area (Å²) in [4.78, 5) is 36.5. The van der Waals surface area contributed by atoms with Crippen molar-refractivity contribution < 1.29 is 29.0 Å². The molecule has 44 heavy (non-hydrogen) atoms. The molecule has 1 aliphatic rings. The van der Waals surface area contributed by atoms with Gasteiger partial charge in [-0.2, -0.15) is 0 Å². The molecule has 7 heteroatoms. The van der Waals surface area contributed by atoms with Crippen LogP contribution in [-0.2, 0) is 19.1 Å². The van der Waals surface area contributed by atoms with Crippen LogP contribution < -0.4 is 5.32 Å². The van der Waals surface area contributed by atoms with Crippen LogP contribution in [0.1, 0.15) is 133 Å². The number of carboxylic acids is 1. The summed E-state index contributed by atoms with van der Waals surface area (Å²) >= 11 is 0. The first-order chi connectivity index (χ1) is 21.5. The number of esters is 1. The van der Waals surface area contributed by atoms with Crippen molar-refractivity contribution in [2.24, 2.45) is 0 Å². The van der Waals surface area contributed by atoms with Gasteiger partial charge < -0.3 is 19.9 Å². The third-order valence-electron chi connectivity index (χ3n) is 8.57. The van der Waals surface area contributed by atoms with E-state index in [2.05, 4.69) is 12.2 Å². The van der Waals surface area contributed by atoms with Gasteiger partial charge in [0.15, 0.2) is 0 Å². The Kier molecular flexibility index (Phi) is 16.4. The van der Waals surface area contributed by atoms with Crippen molar-refractivity contribution in [3.63, 3.8) is 0 Å². The molecule has 3 rings (SSSR count). The molecule has 0 spiro atoms. The molecule has 7 nitrogen and oxygen atoms in total. The summed E-state index contributed by atoms with van der Waals surface area (Å²) in [6.07, 6.45) is 18.9. The van der Waals surface area contributed by atoms with Gasteiger partial charge in [-0.25, -0.2) is 9.59 Å². The number of alkyl carbamates (subject to hydrolysis) is 1. The van der Waals surface area contributed by atoms with Crippen LogP contribution in [-0.4, -0.2) is 42.4 Å². The Balaban J connectivity index is 1.21. The topological polar surface area (TPSA) is 102 Å². The Hall–Kier alpha value is -3.35. The lowest BCUT2D eigenvalue weighted by molar-refractivity contribution is -0.149. The van der Waals surface area contributed by atoms with E-state index in [1.165, 1.54) is 83.5 Å². The Labute approximate surface area is 264 Å². The largest absolute Gasteiger partial charge is 0.480 e. The highest BCUT2D eigenvalue weighted by Gasteiger charge is 2.30. The van der Waals surface area contributed by atoms with Crippen molar-refractivity contribution in [1.29, 1.82) is 0 Å². The first-order valence-corrected chi connectivity index (χ1v) is 17.0. The van der Waals surface area contributed by atoms with Crippen molar-refractivity contribution >= 4 is 18.0 Å². The zero-order chi connectivity index (χ0) is 31.4. The SMILES string of the molecule is CCCCCCCCCCCCCCCCCCOC(=O)C[C@H](NC(=O)OCC1c2ccccc2-c2ccccc21)C(=O)O. The number of ether oxygens (including phenoxy) is 2. The number of fused-ring (bicyclic) bond motifs is 3. The van der Waals surface area contributed by atoms with Gasteiger partial charge in [-0.15, -0.1) is 0 Å². The predicted octanol–water partition coefficient (Wildman–Crippen LogP) is 9.17. The highest BCUT2D eigenvalue weighted by molar-refractivity contribution is 5.85. The molecular formula is C37H53NO6. The molecule has 0 aliphatic heterocycles. The molecule has 0 heterocycles. The van der Waals surface area contributed by atoms with Gasteiger partial charge in [-0.05, 0) is 28.7 Å². The third kappa shape index (κ3) is 12.3. The first kappa shape index (κ1) is 35.1. The summed E-state index contributed by atoms with van der Waals surface area (Å²) < 4.78 is 10.7. The van der Waals surface area contributed by atoms with E-state index in [9.17, 15) is 19.5 Å². The smallest absolute Gasteiger partial charge is 0.407 e. The van der Waals surface area contributed by atoms with Crippen LogP contribution in [0.15, 0.2) is 48.5 Å². The molecule has 242 valence electrons. The van der Waals surface area contributed by atoms with Crippen LogP contribution in [0.4, 0.5) is 4.79 Å². The number of benzene rings is 2. The zero-order valence-electron chi connectivity index (χ0n) is 26.7. The number of unbranched alkanes of at least 4 members (excludes halogenated alkanes) is 15. The van der Waals surface area contributed by atoms with Gasteiger partial charge in [-0.1, -0.05) is 152 Å². The molecule has 1 aliphatic carbocycles. The average molecular weight is 608 g/mol. The molecule has 0 saturated heterocycles. The Morgan fingerprint density at radius 2 is 1.14 bits per heavy atom. The van der Waals surface area contributed by atoms with E-state index < -0.39 is 30.5 Å². The van der Waals surface area contributed by atoms with Gasteiger partial charge in [0.1, 0.15) is 12.6 Å². The third-order valence-corrected chi connectivity index (χ3v) is 8.57. The van der Waals surface area contributed by atoms with Crippen molar-refractivity contribution in [1.82, 2.24) is 5.32 Å². The van der Waals surface area contributed by atoms with E-state index in [-0.39, 0.29) is 19.1 Å². The van der Waals surface area contributed by atoms with Crippen LogP contribution in [0.5, 0.6) is 0 Å². The number of carbonyl (C=O) groups excluding carboxylic acids is 2. The molecule has 1 amide bonds. The minimum absolute atomic E-state index is 0.0654. The molecule has 2 aromatic carbocycles. The molecule has 0 aromatic heterocycles. The summed E-state index contributed by atoms with van der Waals surface area (Å²) in [5.74, 6) is -2.09. The van der Waals surface area contributed by atoms with E-state index in [1.54, 1.807) is 0 Å². The quantitative estimate of drug-likeness (QED) is 0.0965. The van der Waals surface area contributed by atoms with Crippen molar-refractivity contribution in [2.75, 3.05) is 13.2 Å². The van der Waals surface area contributed by atoms with E-state index >= 15 is 0 Å². The molecule has 0 bridgehead atoms. The maximum Gasteiger partial charge on any atom is 0.407 e. The monoisotopic (exact) mass is 607 g/mol. The van der Waals surface area contributed by atoms with Crippen LogP contribution in [0.25, 0.3) is 11.1 Å². The Bertz CT molecular complexity index is 1100. The lowest BCUT2D eigenvalue weighted by Crippen LogP contribution is -2.43. The van der Waals surface area contributed by atoms with E-state index in [1.807, 2.05) is 48.5 Å². The van der Waals surface area contributed by atoms with Gasteiger partial charge >= 0.3 is 18.0 Å². The van der Waals surface area contributed by atoms with Crippen LogP contribution in [0.3, 0.4) is 0 Å². The first-order valence-electron chi connectivity index (χ1n) is 17.0. The lowest BCUT2D eigenvalue weighted by atomic mass is 9.98. The summed E-state index contributed by atoms with van der Waals surface area (Å²) in [5, 5.41) is 11.9. The summed E-state index contributed by atoms with van der Waals surface area (Å²) in [6.45, 7) is 2.58. The highest BCUT2D eigenvalue weighted by Crippen LogP contribution is 2.44. The molecule has 0 unspecified atom stereocenters. The molecule has 2 aromatic rings. The summed E-state index contributed by atoms with van der Waals surface area (Å²) in [5.41, 5.74) is 4.34. The molecule has 2 N–H and O–H groups in total. The number of amides is 1. The fourth-order valence-corrected chi connectivity index (χ4v) is 6.04. The Morgan fingerprint density at radius 3 is 1.61 bits per heavy atom. The van der Waals surface area contributed by atoms with Crippen molar-refractivity contribution in [3.8, 4) is 11.1 Å². The van der Waals surface area contributed by atoms with Gasteiger partial charge in [-0.3, -0.25) is 4.79 Å². The number of carbonyl (C=O) groups is 3. The standard InChI is InChI=1S/C37H53NO6/c1-2-3-4-5-6-7-8-9-10-11-12-13-14-15-16-21-26-43-35(39)27-34(36(40)41)38-37(42)44-28-33-31-24-19-17-22-29(31)30-23-18-20-25-32(30)33/h17-20,22-25,33-34H,2-16,21,26-28H2,1H3,(H,38,42)(H,40,41)/t34-/m0/s1. The number of aliphatic carboxylic acids is 1. The number of carboxylic acid groups (broad SMARTS) is 1. The van der Waals surface area contributed by atoms with Crippen LogP contribution in [0.2, 0.25) is 0 Å². The number of rotatable bonds is 23. The molecular weight excluding hydrogens is 554 g/mol. The minimum Gasteiger partial charge on any atom is -0.480 e. The van der Waals surface area contributed by atoms with Gasteiger partial charge in [0.05, 0.1) is 13.0 Å². The van der Waals surface area contributed by atoms with E-state index in [0.29, 0.717) is 0 Å².